The summed E-state index contributed by atoms with van der Waals surface area (Å²) in [4.78, 5) is 48.6. The smallest absolute Gasteiger partial charge is 0.326 e. The number of hydrogen-bond donors (Lipinski definition) is 6. The quantitative estimate of drug-likeness (QED) is 0.208. The van der Waals surface area contributed by atoms with Crippen molar-refractivity contribution in [3.63, 3.8) is 0 Å². The topological polar surface area (TPSA) is 177 Å². The van der Waals surface area contributed by atoms with E-state index in [-0.39, 0.29) is 18.8 Å². The average molecular weight is 450 g/mol. The molecule has 0 spiro atoms. The fourth-order valence-electron chi connectivity index (χ4n) is 2.92. The Bertz CT molecular complexity index is 756. The lowest BCUT2D eigenvalue weighted by Crippen LogP contribution is -2.55. The summed E-state index contributed by atoms with van der Waals surface area (Å²) in [6.45, 7) is 3.61. The third kappa shape index (κ3) is 9.88. The second-order valence-electron chi connectivity index (χ2n) is 7.98. The standard InChI is InChI=1S/C22H35N5O5/c1-14(2)19(24)21(30)27-17(12-15-8-4-3-5-9-15)20(29)25-13-18(28)26-16(22(31)32)10-6-7-11-23/h3-5,8-9,14,16-17,19H,6-7,10-13,23-24H2,1-2H3,(H,25,29)(H,26,28)(H,27,30)(H,31,32). The zero-order chi connectivity index (χ0) is 24.1. The van der Waals surface area contributed by atoms with Gasteiger partial charge in [0.15, 0.2) is 0 Å². The van der Waals surface area contributed by atoms with E-state index in [4.69, 9.17) is 11.5 Å². The van der Waals surface area contributed by atoms with Crippen LogP contribution in [0.4, 0.5) is 0 Å². The number of carbonyl (C=O) groups excluding carboxylic acids is 3. The van der Waals surface area contributed by atoms with Gasteiger partial charge < -0.3 is 32.5 Å². The highest BCUT2D eigenvalue weighted by Gasteiger charge is 2.26. The number of benzene rings is 1. The first-order chi connectivity index (χ1) is 15.1. The molecule has 32 heavy (non-hydrogen) atoms. The number of aliphatic carboxylic acids is 1. The summed E-state index contributed by atoms with van der Waals surface area (Å²) in [5, 5.41) is 16.8. The summed E-state index contributed by atoms with van der Waals surface area (Å²) in [6, 6.07) is 6.32. The SMILES string of the molecule is CC(C)C(N)C(=O)NC(Cc1ccccc1)C(=O)NCC(=O)NC(CCCCN)C(=O)O. The second-order valence-corrected chi connectivity index (χ2v) is 7.98. The fourth-order valence-corrected chi connectivity index (χ4v) is 2.92. The summed E-state index contributed by atoms with van der Waals surface area (Å²) < 4.78 is 0. The van der Waals surface area contributed by atoms with Crippen molar-refractivity contribution in [2.45, 2.75) is 57.7 Å². The second kappa shape index (κ2) is 14.2. The van der Waals surface area contributed by atoms with Crippen LogP contribution in [0.2, 0.25) is 0 Å². The number of rotatable bonds is 14. The van der Waals surface area contributed by atoms with Crippen LogP contribution in [0.1, 0.15) is 38.7 Å². The molecule has 1 rings (SSSR count). The van der Waals surface area contributed by atoms with Crippen LogP contribution in [0, 0.1) is 5.92 Å². The number of nitrogens with two attached hydrogens (primary N) is 2. The van der Waals surface area contributed by atoms with Gasteiger partial charge in [-0.1, -0.05) is 44.2 Å². The van der Waals surface area contributed by atoms with Gasteiger partial charge in [0.1, 0.15) is 12.1 Å². The van der Waals surface area contributed by atoms with E-state index in [9.17, 15) is 24.3 Å². The molecule has 10 heteroatoms. The van der Waals surface area contributed by atoms with Crippen molar-refractivity contribution < 1.29 is 24.3 Å². The first-order valence-corrected chi connectivity index (χ1v) is 10.8. The molecule has 0 fully saturated rings. The third-order valence-electron chi connectivity index (χ3n) is 4.94. The molecule has 0 saturated heterocycles. The molecule has 0 saturated carbocycles. The van der Waals surface area contributed by atoms with E-state index >= 15 is 0 Å². The number of nitrogens with one attached hydrogen (secondary N) is 3. The first kappa shape index (κ1) is 27.1. The molecule has 0 aliphatic rings. The van der Waals surface area contributed by atoms with Crippen molar-refractivity contribution in [1.82, 2.24) is 16.0 Å². The van der Waals surface area contributed by atoms with E-state index in [1.807, 2.05) is 30.3 Å². The summed E-state index contributed by atoms with van der Waals surface area (Å²) in [6.07, 6.45) is 1.66. The van der Waals surface area contributed by atoms with Crippen LogP contribution in [0.3, 0.4) is 0 Å². The van der Waals surface area contributed by atoms with E-state index in [0.717, 1.165) is 5.56 Å². The lowest BCUT2D eigenvalue weighted by Gasteiger charge is -2.22. The molecule has 10 nitrogen and oxygen atoms in total. The molecule has 178 valence electrons. The minimum Gasteiger partial charge on any atom is -0.480 e. The Labute approximate surface area is 188 Å². The van der Waals surface area contributed by atoms with Crippen molar-refractivity contribution in [2.24, 2.45) is 17.4 Å². The Hall–Kier alpha value is -2.98. The normalized spacial score (nSPS) is 13.7. The van der Waals surface area contributed by atoms with E-state index in [2.05, 4.69) is 16.0 Å². The van der Waals surface area contributed by atoms with Gasteiger partial charge >= 0.3 is 5.97 Å². The molecule has 3 amide bonds. The van der Waals surface area contributed by atoms with Gasteiger partial charge in [-0.05, 0) is 37.3 Å². The Morgan fingerprint density at radius 1 is 0.969 bits per heavy atom. The van der Waals surface area contributed by atoms with Gasteiger partial charge in [0.2, 0.25) is 17.7 Å². The van der Waals surface area contributed by atoms with Crippen LogP contribution in [-0.2, 0) is 25.6 Å². The zero-order valence-corrected chi connectivity index (χ0v) is 18.7. The molecule has 8 N–H and O–H groups in total. The predicted molar refractivity (Wildman–Crippen MR) is 120 cm³/mol. The predicted octanol–water partition coefficient (Wildman–Crippen LogP) is -0.488. The number of unbranched alkanes of at least 4 members (excludes halogenated alkanes) is 1. The van der Waals surface area contributed by atoms with Crippen molar-refractivity contribution in [3.05, 3.63) is 35.9 Å². The minimum absolute atomic E-state index is 0.117. The monoisotopic (exact) mass is 449 g/mol. The molecule has 0 radical (unpaired) electrons. The highest BCUT2D eigenvalue weighted by Crippen LogP contribution is 2.06. The first-order valence-electron chi connectivity index (χ1n) is 10.8. The van der Waals surface area contributed by atoms with Crippen molar-refractivity contribution in [1.29, 1.82) is 0 Å². The van der Waals surface area contributed by atoms with Gasteiger partial charge in [-0.2, -0.15) is 0 Å². The van der Waals surface area contributed by atoms with E-state index in [1.165, 1.54) is 0 Å². The van der Waals surface area contributed by atoms with Crippen LogP contribution in [0.15, 0.2) is 30.3 Å². The Kier molecular flexibility index (Phi) is 12.0. The summed E-state index contributed by atoms with van der Waals surface area (Å²) in [5.41, 5.74) is 12.1. The maximum atomic E-state index is 12.7. The van der Waals surface area contributed by atoms with Crippen LogP contribution in [-0.4, -0.2) is 60.0 Å². The van der Waals surface area contributed by atoms with Crippen LogP contribution in [0.25, 0.3) is 0 Å². The number of carboxylic acid groups (broad SMARTS) is 1. The molecule has 0 heterocycles. The Morgan fingerprint density at radius 2 is 1.62 bits per heavy atom. The van der Waals surface area contributed by atoms with E-state index in [0.29, 0.717) is 19.4 Å². The molecular weight excluding hydrogens is 414 g/mol. The number of carboxylic acids is 1. The number of carbonyl (C=O) groups is 4. The van der Waals surface area contributed by atoms with Crippen LogP contribution < -0.4 is 27.4 Å². The van der Waals surface area contributed by atoms with E-state index in [1.54, 1.807) is 13.8 Å². The summed E-state index contributed by atoms with van der Waals surface area (Å²) >= 11 is 0. The molecule has 0 aromatic heterocycles. The van der Waals surface area contributed by atoms with Gasteiger partial charge in [-0.3, -0.25) is 14.4 Å². The highest BCUT2D eigenvalue weighted by atomic mass is 16.4. The molecule has 3 atom stereocenters. The summed E-state index contributed by atoms with van der Waals surface area (Å²) in [5.74, 6) is -2.94. The lowest BCUT2D eigenvalue weighted by atomic mass is 10.0. The zero-order valence-electron chi connectivity index (χ0n) is 18.7. The molecule has 0 aliphatic heterocycles. The molecule has 1 aromatic rings. The number of hydrogen-bond acceptors (Lipinski definition) is 6. The molecule has 0 aliphatic carbocycles. The highest BCUT2D eigenvalue weighted by molar-refractivity contribution is 5.92. The number of amides is 3. The van der Waals surface area contributed by atoms with Crippen LogP contribution in [0.5, 0.6) is 0 Å². The van der Waals surface area contributed by atoms with Crippen molar-refractivity contribution >= 4 is 23.7 Å². The maximum Gasteiger partial charge on any atom is 0.326 e. The average Bonchev–Trinajstić information content (AvgIpc) is 2.76. The van der Waals surface area contributed by atoms with Gasteiger partial charge in [0.05, 0.1) is 12.6 Å². The fraction of sp³-hybridized carbons (Fsp3) is 0.545. The van der Waals surface area contributed by atoms with Gasteiger partial charge in [0.25, 0.3) is 0 Å². The molecule has 3 unspecified atom stereocenters. The van der Waals surface area contributed by atoms with Gasteiger partial charge in [-0.25, -0.2) is 4.79 Å². The Balaban J connectivity index is 2.74. The summed E-state index contributed by atoms with van der Waals surface area (Å²) in [7, 11) is 0. The van der Waals surface area contributed by atoms with Crippen molar-refractivity contribution in [2.75, 3.05) is 13.1 Å². The largest absolute Gasteiger partial charge is 0.480 e. The molecule has 0 bridgehead atoms. The van der Waals surface area contributed by atoms with Crippen molar-refractivity contribution in [3.8, 4) is 0 Å². The van der Waals surface area contributed by atoms with E-state index < -0.39 is 48.4 Å². The van der Waals surface area contributed by atoms with Gasteiger partial charge in [-0.15, -0.1) is 0 Å². The Morgan fingerprint density at radius 3 is 2.19 bits per heavy atom. The molecular formula is C22H35N5O5. The maximum absolute atomic E-state index is 12.7. The van der Waals surface area contributed by atoms with Crippen LogP contribution >= 0.6 is 0 Å². The molecule has 1 aromatic carbocycles. The minimum atomic E-state index is -1.15. The van der Waals surface area contributed by atoms with Gasteiger partial charge in [0, 0.05) is 6.42 Å². The third-order valence-corrected chi connectivity index (χ3v) is 4.94. The lowest BCUT2D eigenvalue weighted by molar-refractivity contribution is -0.142.